The Morgan fingerprint density at radius 3 is 2.95 bits per heavy atom. The van der Waals surface area contributed by atoms with Gasteiger partial charge in [0.25, 0.3) is 0 Å². The molecule has 1 amide bonds. The highest BCUT2D eigenvalue weighted by atomic mass is 79.9. The van der Waals surface area contributed by atoms with Crippen LogP contribution < -0.4 is 11.1 Å². The normalized spacial score (nSPS) is 12.1. The van der Waals surface area contributed by atoms with Gasteiger partial charge in [0.05, 0.1) is 22.1 Å². The molecule has 19 heavy (non-hydrogen) atoms. The van der Waals surface area contributed by atoms with Crippen LogP contribution in [-0.4, -0.2) is 15.9 Å². The first-order valence-electron chi connectivity index (χ1n) is 5.63. The second-order valence-corrected chi connectivity index (χ2v) is 5.53. The first kappa shape index (κ1) is 13.9. The van der Waals surface area contributed by atoms with E-state index < -0.39 is 5.92 Å². The van der Waals surface area contributed by atoms with Gasteiger partial charge in [0.15, 0.2) is 0 Å². The summed E-state index contributed by atoms with van der Waals surface area (Å²) in [5, 5.41) is 3.74. The molecule has 0 bridgehead atoms. The largest absolute Gasteiger partial charge is 0.393 e. The summed E-state index contributed by atoms with van der Waals surface area (Å²) < 4.78 is 0.889. The number of thiocarbonyl (C=S) groups is 1. The zero-order valence-electron chi connectivity index (χ0n) is 10.2. The van der Waals surface area contributed by atoms with Crippen molar-refractivity contribution in [3.8, 4) is 0 Å². The van der Waals surface area contributed by atoms with E-state index in [-0.39, 0.29) is 10.9 Å². The van der Waals surface area contributed by atoms with Gasteiger partial charge < -0.3 is 11.1 Å². The molecule has 98 valence electrons. The Bertz CT molecular complexity index is 659. The summed E-state index contributed by atoms with van der Waals surface area (Å²) in [7, 11) is 0. The summed E-state index contributed by atoms with van der Waals surface area (Å²) in [6.45, 7) is 1.67. The van der Waals surface area contributed by atoms with Gasteiger partial charge in [-0.05, 0) is 35.0 Å². The quantitative estimate of drug-likeness (QED) is 0.845. The van der Waals surface area contributed by atoms with E-state index in [0.717, 1.165) is 15.4 Å². The zero-order valence-corrected chi connectivity index (χ0v) is 12.6. The van der Waals surface area contributed by atoms with Gasteiger partial charge >= 0.3 is 0 Å². The predicted molar refractivity (Wildman–Crippen MR) is 84.0 cm³/mol. The van der Waals surface area contributed by atoms with Crippen LogP contribution in [0.2, 0.25) is 0 Å². The van der Waals surface area contributed by atoms with Crippen molar-refractivity contribution in [3.63, 3.8) is 0 Å². The number of para-hydroxylation sites is 1. The topological polar surface area (TPSA) is 68.0 Å². The number of benzene rings is 1. The minimum absolute atomic E-state index is 0.174. The van der Waals surface area contributed by atoms with Gasteiger partial charge in [-0.1, -0.05) is 24.4 Å². The van der Waals surface area contributed by atoms with Crippen LogP contribution in [0.25, 0.3) is 10.9 Å². The predicted octanol–water partition coefficient (Wildman–Crippen LogP) is 2.86. The Morgan fingerprint density at radius 1 is 1.53 bits per heavy atom. The smallest absolute Gasteiger partial charge is 0.234 e. The van der Waals surface area contributed by atoms with Crippen LogP contribution in [0.15, 0.2) is 34.9 Å². The third-order valence-electron chi connectivity index (χ3n) is 2.76. The summed E-state index contributed by atoms with van der Waals surface area (Å²) in [6.07, 6.45) is 1.69. The molecule has 3 N–H and O–H groups in total. The van der Waals surface area contributed by atoms with Crippen molar-refractivity contribution in [1.82, 2.24) is 4.98 Å². The van der Waals surface area contributed by atoms with Gasteiger partial charge in [0.1, 0.15) is 0 Å². The molecule has 1 aromatic heterocycles. The highest BCUT2D eigenvalue weighted by Gasteiger charge is 2.16. The highest BCUT2D eigenvalue weighted by molar-refractivity contribution is 9.10. The van der Waals surface area contributed by atoms with Crippen molar-refractivity contribution in [2.75, 3.05) is 5.32 Å². The minimum atomic E-state index is -0.513. The van der Waals surface area contributed by atoms with Crippen LogP contribution in [0.3, 0.4) is 0 Å². The lowest BCUT2D eigenvalue weighted by Crippen LogP contribution is -2.30. The van der Waals surface area contributed by atoms with Crippen LogP contribution in [0, 0.1) is 5.92 Å². The molecular formula is C13H12BrN3OS. The first-order chi connectivity index (χ1) is 8.99. The molecule has 0 spiro atoms. The van der Waals surface area contributed by atoms with Crippen LogP contribution in [-0.2, 0) is 4.79 Å². The van der Waals surface area contributed by atoms with Crippen molar-refractivity contribution in [2.45, 2.75) is 6.92 Å². The second-order valence-electron chi connectivity index (χ2n) is 4.14. The zero-order chi connectivity index (χ0) is 14.0. The van der Waals surface area contributed by atoms with Crippen molar-refractivity contribution in [3.05, 3.63) is 34.9 Å². The van der Waals surface area contributed by atoms with Gasteiger partial charge in [-0.3, -0.25) is 9.78 Å². The maximum absolute atomic E-state index is 11.9. The fourth-order valence-electron chi connectivity index (χ4n) is 1.61. The van der Waals surface area contributed by atoms with E-state index in [1.807, 2.05) is 18.2 Å². The number of fused-ring (bicyclic) bond motifs is 1. The molecule has 0 aliphatic heterocycles. The number of nitrogens with one attached hydrogen (secondary N) is 1. The van der Waals surface area contributed by atoms with Gasteiger partial charge in [0.2, 0.25) is 5.91 Å². The first-order valence-corrected chi connectivity index (χ1v) is 6.83. The molecule has 0 aliphatic carbocycles. The summed E-state index contributed by atoms with van der Waals surface area (Å²) >= 11 is 8.19. The number of rotatable bonds is 3. The minimum Gasteiger partial charge on any atom is -0.393 e. The molecule has 0 saturated heterocycles. The van der Waals surface area contributed by atoms with Crippen LogP contribution in [0.4, 0.5) is 5.69 Å². The van der Waals surface area contributed by atoms with E-state index in [1.165, 1.54) is 0 Å². The molecule has 2 rings (SSSR count). The summed E-state index contributed by atoms with van der Waals surface area (Å²) in [6, 6.07) is 7.53. The molecular weight excluding hydrogens is 326 g/mol. The van der Waals surface area contributed by atoms with Crippen molar-refractivity contribution in [2.24, 2.45) is 11.7 Å². The molecule has 1 heterocycles. The number of halogens is 1. The molecule has 1 atom stereocenters. The number of pyridine rings is 1. The molecule has 1 aromatic carbocycles. The molecule has 0 aliphatic rings. The number of carbonyl (C=O) groups excluding carboxylic acids is 1. The Morgan fingerprint density at radius 2 is 2.26 bits per heavy atom. The lowest BCUT2D eigenvalue weighted by molar-refractivity contribution is -0.117. The summed E-state index contributed by atoms with van der Waals surface area (Å²) in [4.78, 5) is 16.4. The molecule has 1 unspecified atom stereocenters. The second kappa shape index (κ2) is 5.63. The number of carbonyl (C=O) groups is 1. The average molecular weight is 338 g/mol. The van der Waals surface area contributed by atoms with Crippen LogP contribution >= 0.6 is 28.1 Å². The van der Waals surface area contributed by atoms with E-state index in [4.69, 9.17) is 18.0 Å². The fraction of sp³-hybridized carbons (Fsp3) is 0.154. The number of amides is 1. The Balaban J connectivity index is 2.36. The van der Waals surface area contributed by atoms with E-state index >= 15 is 0 Å². The average Bonchev–Trinajstić information content (AvgIpc) is 2.37. The van der Waals surface area contributed by atoms with E-state index in [9.17, 15) is 4.79 Å². The molecule has 0 fully saturated rings. The SMILES string of the molecule is CC(C(=O)Nc1cccc2cc(Br)cnc12)C(N)=S. The van der Waals surface area contributed by atoms with Gasteiger partial charge in [-0.25, -0.2) is 0 Å². The lowest BCUT2D eigenvalue weighted by Gasteiger charge is -2.12. The Hall–Kier alpha value is -1.53. The number of hydrogen-bond acceptors (Lipinski definition) is 3. The van der Waals surface area contributed by atoms with Crippen LogP contribution in [0.1, 0.15) is 6.92 Å². The molecule has 4 nitrogen and oxygen atoms in total. The standard InChI is InChI=1S/C13H12BrN3OS/c1-7(12(15)19)13(18)17-10-4-2-3-8-5-9(14)6-16-11(8)10/h2-7H,1H3,(H2,15,19)(H,17,18). The molecule has 0 saturated carbocycles. The van der Waals surface area contributed by atoms with E-state index in [1.54, 1.807) is 19.2 Å². The molecule has 6 heteroatoms. The number of aromatic nitrogens is 1. The van der Waals surface area contributed by atoms with E-state index in [0.29, 0.717) is 5.69 Å². The number of nitrogens with zero attached hydrogens (tertiary/aromatic N) is 1. The van der Waals surface area contributed by atoms with Gasteiger partial charge in [-0.15, -0.1) is 0 Å². The third-order valence-corrected chi connectivity index (χ3v) is 3.54. The highest BCUT2D eigenvalue weighted by Crippen LogP contribution is 2.24. The van der Waals surface area contributed by atoms with Gasteiger partial charge in [-0.2, -0.15) is 0 Å². The summed E-state index contributed by atoms with van der Waals surface area (Å²) in [5.41, 5.74) is 6.85. The van der Waals surface area contributed by atoms with Crippen LogP contribution in [0.5, 0.6) is 0 Å². The van der Waals surface area contributed by atoms with Crippen molar-refractivity contribution < 1.29 is 4.79 Å². The number of nitrogens with two attached hydrogens (primary N) is 1. The molecule has 2 aromatic rings. The van der Waals surface area contributed by atoms with Crippen molar-refractivity contribution >= 4 is 55.6 Å². The summed E-state index contributed by atoms with van der Waals surface area (Å²) in [5.74, 6) is -0.745. The maximum Gasteiger partial charge on any atom is 0.234 e. The number of anilines is 1. The number of hydrogen-bond donors (Lipinski definition) is 2. The third kappa shape index (κ3) is 3.08. The monoisotopic (exact) mass is 337 g/mol. The van der Waals surface area contributed by atoms with Gasteiger partial charge in [0, 0.05) is 16.1 Å². The van der Waals surface area contributed by atoms with Crippen molar-refractivity contribution in [1.29, 1.82) is 0 Å². The maximum atomic E-state index is 11.9. The Kier molecular flexibility index (Phi) is 4.11. The molecule has 0 radical (unpaired) electrons. The van der Waals surface area contributed by atoms with E-state index in [2.05, 4.69) is 26.2 Å². The lowest BCUT2D eigenvalue weighted by atomic mass is 10.1. The fourth-order valence-corrected chi connectivity index (χ4v) is 2.06. The Labute approximate surface area is 124 Å².